The summed E-state index contributed by atoms with van der Waals surface area (Å²) < 4.78 is 28.5. The quantitative estimate of drug-likeness (QED) is 0.696. The number of rotatable bonds is 5. The van der Waals surface area contributed by atoms with Crippen LogP contribution in [0.5, 0.6) is 0 Å². The Morgan fingerprint density at radius 3 is 2.39 bits per heavy atom. The van der Waals surface area contributed by atoms with Crippen LogP contribution < -0.4 is 10.0 Å². The van der Waals surface area contributed by atoms with Gasteiger partial charge in [0.15, 0.2) is 0 Å². The Balaban J connectivity index is 2.34. The highest BCUT2D eigenvalue weighted by atomic mass is 127. The van der Waals surface area contributed by atoms with Gasteiger partial charge >= 0.3 is 0 Å². The van der Waals surface area contributed by atoms with Gasteiger partial charge < -0.3 is 5.32 Å². The van der Waals surface area contributed by atoms with Gasteiger partial charge in [0.2, 0.25) is 0 Å². The van der Waals surface area contributed by atoms with E-state index >= 15 is 0 Å². The van der Waals surface area contributed by atoms with Crippen molar-refractivity contribution in [2.24, 2.45) is 0 Å². The number of hydrogen-bond acceptors (Lipinski definition) is 3. The summed E-state index contributed by atoms with van der Waals surface area (Å²) in [5, 5.41) is 2.68. The Bertz CT molecular complexity index is 818. The molecule has 0 radical (unpaired) electrons. The Morgan fingerprint density at radius 2 is 1.78 bits per heavy atom. The van der Waals surface area contributed by atoms with Crippen LogP contribution in [-0.2, 0) is 10.0 Å². The van der Waals surface area contributed by atoms with E-state index in [0.29, 0.717) is 17.8 Å². The fourth-order valence-corrected chi connectivity index (χ4v) is 3.44. The Hall–Kier alpha value is -1.61. The van der Waals surface area contributed by atoms with E-state index in [-0.39, 0.29) is 10.8 Å². The van der Waals surface area contributed by atoms with E-state index in [4.69, 9.17) is 0 Å². The summed E-state index contributed by atoms with van der Waals surface area (Å²) in [6, 6.07) is 11.5. The lowest BCUT2D eigenvalue weighted by atomic mass is 10.1. The van der Waals surface area contributed by atoms with Gasteiger partial charge in [-0.2, -0.15) is 0 Å². The average Bonchev–Trinajstić information content (AvgIpc) is 2.50. The number of benzene rings is 2. The number of amides is 1. The molecule has 0 aliphatic carbocycles. The molecule has 0 fully saturated rings. The molecule has 2 N–H and O–H groups in total. The van der Waals surface area contributed by atoms with Gasteiger partial charge in [-0.3, -0.25) is 9.52 Å². The second kappa shape index (κ2) is 7.31. The fourth-order valence-electron chi connectivity index (χ4n) is 2.00. The largest absolute Gasteiger partial charge is 0.352 e. The molecule has 0 unspecified atom stereocenters. The lowest BCUT2D eigenvalue weighted by molar-refractivity contribution is 0.0955. The number of hydrogen-bond donors (Lipinski definition) is 2. The monoisotopic (exact) mass is 444 g/mol. The molecule has 0 spiro atoms. The van der Waals surface area contributed by atoms with Gasteiger partial charge in [-0.25, -0.2) is 8.42 Å². The molecule has 2 rings (SSSR count). The van der Waals surface area contributed by atoms with Gasteiger partial charge in [0, 0.05) is 21.4 Å². The van der Waals surface area contributed by atoms with Crippen LogP contribution in [0.4, 0.5) is 5.69 Å². The van der Waals surface area contributed by atoms with Gasteiger partial charge in [-0.05, 0) is 78.4 Å². The normalized spacial score (nSPS) is 11.1. The van der Waals surface area contributed by atoms with Crippen molar-refractivity contribution in [1.82, 2.24) is 5.32 Å². The zero-order valence-corrected chi connectivity index (χ0v) is 15.7. The third kappa shape index (κ3) is 4.44. The van der Waals surface area contributed by atoms with Crippen LogP contribution in [0.15, 0.2) is 47.4 Å². The highest BCUT2D eigenvalue weighted by Gasteiger charge is 2.18. The fraction of sp³-hybridized carbons (Fsp3) is 0.188. The van der Waals surface area contributed by atoms with E-state index in [1.54, 1.807) is 25.1 Å². The molecule has 2 aromatic carbocycles. The molecular weight excluding hydrogens is 427 g/mol. The van der Waals surface area contributed by atoms with Crippen molar-refractivity contribution in [2.75, 3.05) is 11.3 Å². The van der Waals surface area contributed by atoms with Crippen LogP contribution >= 0.6 is 22.6 Å². The van der Waals surface area contributed by atoms with Crippen molar-refractivity contribution in [1.29, 1.82) is 0 Å². The molecule has 0 aliphatic heterocycles. The molecule has 5 nitrogen and oxygen atoms in total. The molecule has 0 heterocycles. The van der Waals surface area contributed by atoms with Gasteiger partial charge in [-0.15, -0.1) is 0 Å². The minimum absolute atomic E-state index is 0.0582. The maximum atomic E-state index is 12.5. The number of halogens is 1. The SMILES string of the molecule is CCNC(=O)c1cc(S(=O)(=O)Nc2ccc(I)cc2)ccc1C. The molecule has 0 bridgehead atoms. The third-order valence-corrected chi connectivity index (χ3v) is 5.30. The number of nitrogens with one attached hydrogen (secondary N) is 2. The molecule has 122 valence electrons. The van der Waals surface area contributed by atoms with Gasteiger partial charge in [-0.1, -0.05) is 6.07 Å². The maximum Gasteiger partial charge on any atom is 0.261 e. The van der Waals surface area contributed by atoms with E-state index in [0.717, 1.165) is 9.13 Å². The van der Waals surface area contributed by atoms with Crippen molar-refractivity contribution in [3.05, 3.63) is 57.2 Å². The summed E-state index contributed by atoms with van der Waals surface area (Å²) in [7, 11) is -3.75. The molecule has 7 heteroatoms. The van der Waals surface area contributed by atoms with Crippen LogP contribution in [0.3, 0.4) is 0 Å². The molecule has 23 heavy (non-hydrogen) atoms. The molecule has 0 aliphatic rings. The third-order valence-electron chi connectivity index (χ3n) is 3.20. The molecular formula is C16H17IN2O3S. The Labute approximate surface area is 149 Å². The predicted octanol–water partition coefficient (Wildman–Crippen LogP) is 3.15. The standard InChI is InChI=1S/C16H17IN2O3S/c1-3-18-16(20)15-10-14(9-4-11(15)2)23(21,22)19-13-7-5-12(17)6-8-13/h4-10,19H,3H2,1-2H3,(H,18,20). The van der Waals surface area contributed by atoms with Crippen LogP contribution in [-0.4, -0.2) is 20.9 Å². The summed E-state index contributed by atoms with van der Waals surface area (Å²) in [5.41, 5.74) is 1.56. The molecule has 0 atom stereocenters. The minimum Gasteiger partial charge on any atom is -0.352 e. The van der Waals surface area contributed by atoms with E-state index in [9.17, 15) is 13.2 Å². The number of carbonyl (C=O) groups is 1. The first-order chi connectivity index (χ1) is 10.8. The topological polar surface area (TPSA) is 75.3 Å². The van der Waals surface area contributed by atoms with E-state index < -0.39 is 10.0 Å². The van der Waals surface area contributed by atoms with E-state index in [1.165, 1.54) is 12.1 Å². The first-order valence-electron chi connectivity index (χ1n) is 7.00. The van der Waals surface area contributed by atoms with Crippen LogP contribution in [0, 0.1) is 10.5 Å². The summed E-state index contributed by atoms with van der Waals surface area (Å²) >= 11 is 2.15. The highest BCUT2D eigenvalue weighted by Crippen LogP contribution is 2.20. The Morgan fingerprint density at radius 1 is 1.13 bits per heavy atom. The number of carbonyl (C=O) groups excluding carboxylic acids is 1. The van der Waals surface area contributed by atoms with Crippen LogP contribution in [0.25, 0.3) is 0 Å². The lowest BCUT2D eigenvalue weighted by Crippen LogP contribution is -2.24. The van der Waals surface area contributed by atoms with Gasteiger partial charge in [0.05, 0.1) is 4.90 Å². The number of anilines is 1. The van der Waals surface area contributed by atoms with Crippen LogP contribution in [0.2, 0.25) is 0 Å². The van der Waals surface area contributed by atoms with Crippen molar-refractivity contribution in [3.8, 4) is 0 Å². The van der Waals surface area contributed by atoms with Gasteiger partial charge in [0.1, 0.15) is 0 Å². The summed E-state index contributed by atoms with van der Waals surface area (Å²) in [6.45, 7) is 4.07. The number of sulfonamides is 1. The minimum atomic E-state index is -3.75. The summed E-state index contributed by atoms with van der Waals surface area (Å²) in [4.78, 5) is 12.1. The second-order valence-electron chi connectivity index (χ2n) is 4.95. The average molecular weight is 444 g/mol. The summed E-state index contributed by atoms with van der Waals surface area (Å²) in [6.07, 6.45) is 0. The molecule has 0 aromatic heterocycles. The molecule has 0 saturated heterocycles. The predicted molar refractivity (Wildman–Crippen MR) is 99.2 cm³/mol. The second-order valence-corrected chi connectivity index (χ2v) is 7.88. The molecule has 2 aromatic rings. The van der Waals surface area contributed by atoms with Crippen molar-refractivity contribution in [2.45, 2.75) is 18.7 Å². The smallest absolute Gasteiger partial charge is 0.261 e. The van der Waals surface area contributed by atoms with Gasteiger partial charge in [0.25, 0.3) is 15.9 Å². The zero-order chi connectivity index (χ0) is 17.0. The zero-order valence-electron chi connectivity index (χ0n) is 12.8. The van der Waals surface area contributed by atoms with E-state index in [1.807, 2.05) is 19.1 Å². The maximum absolute atomic E-state index is 12.5. The molecule has 0 saturated carbocycles. The van der Waals surface area contributed by atoms with Crippen LogP contribution in [0.1, 0.15) is 22.8 Å². The lowest BCUT2D eigenvalue weighted by Gasteiger charge is -2.11. The van der Waals surface area contributed by atoms with Crippen molar-refractivity contribution >= 4 is 44.2 Å². The van der Waals surface area contributed by atoms with Crippen molar-refractivity contribution < 1.29 is 13.2 Å². The first kappa shape index (κ1) is 17.7. The highest BCUT2D eigenvalue weighted by molar-refractivity contribution is 14.1. The first-order valence-corrected chi connectivity index (χ1v) is 9.57. The van der Waals surface area contributed by atoms with E-state index in [2.05, 4.69) is 32.6 Å². The summed E-state index contributed by atoms with van der Waals surface area (Å²) in [5.74, 6) is -0.281. The Kier molecular flexibility index (Phi) is 5.64. The number of aryl methyl sites for hydroxylation is 1. The molecule has 1 amide bonds. The van der Waals surface area contributed by atoms with Crippen molar-refractivity contribution in [3.63, 3.8) is 0 Å².